The molecule has 176 valence electrons. The summed E-state index contributed by atoms with van der Waals surface area (Å²) in [5.41, 5.74) is 2.52. The van der Waals surface area contributed by atoms with Gasteiger partial charge in [-0.1, -0.05) is 6.07 Å². The fraction of sp³-hybridized carbons (Fsp3) is 0.455. The van der Waals surface area contributed by atoms with Crippen molar-refractivity contribution in [3.05, 3.63) is 42.2 Å². The number of imidazole rings is 1. The van der Waals surface area contributed by atoms with E-state index in [0.717, 1.165) is 18.4 Å². The maximum Gasteiger partial charge on any atom is 0.395 e. The molecule has 1 saturated carbocycles. The number of alkyl halides is 5. The van der Waals surface area contributed by atoms with Gasteiger partial charge in [-0.2, -0.15) is 13.2 Å². The summed E-state index contributed by atoms with van der Waals surface area (Å²) in [6.45, 7) is -0.625. The molecule has 2 N–H and O–H groups in total. The zero-order valence-corrected chi connectivity index (χ0v) is 17.4. The van der Waals surface area contributed by atoms with Gasteiger partial charge in [-0.15, -0.1) is 0 Å². The lowest BCUT2D eigenvalue weighted by molar-refractivity contribution is -0.170. The molecule has 6 nitrogen and oxygen atoms in total. The molecule has 2 fully saturated rings. The lowest BCUT2D eigenvalue weighted by atomic mass is 10.0. The van der Waals surface area contributed by atoms with Crippen LogP contribution in [0, 0.1) is 5.92 Å². The van der Waals surface area contributed by atoms with E-state index in [9.17, 15) is 22.0 Å². The summed E-state index contributed by atoms with van der Waals surface area (Å²) >= 11 is 0. The first-order chi connectivity index (χ1) is 15.8. The summed E-state index contributed by atoms with van der Waals surface area (Å²) in [6, 6.07) is 5.92. The van der Waals surface area contributed by atoms with Gasteiger partial charge in [-0.05, 0) is 30.9 Å². The molecule has 3 aromatic heterocycles. The van der Waals surface area contributed by atoms with Crippen molar-refractivity contribution in [3.63, 3.8) is 0 Å². The van der Waals surface area contributed by atoms with Crippen molar-refractivity contribution >= 4 is 11.5 Å². The molecular formula is C22H22F5N5O. The van der Waals surface area contributed by atoms with Crippen LogP contribution in [0.4, 0.5) is 27.8 Å². The van der Waals surface area contributed by atoms with E-state index in [2.05, 4.69) is 20.6 Å². The van der Waals surface area contributed by atoms with Gasteiger partial charge in [0.25, 0.3) is 6.43 Å². The second-order valence-corrected chi connectivity index (χ2v) is 8.41. The maximum absolute atomic E-state index is 13.3. The van der Waals surface area contributed by atoms with Crippen molar-refractivity contribution in [3.8, 4) is 17.1 Å². The third-order valence-corrected chi connectivity index (χ3v) is 6.00. The zero-order chi connectivity index (χ0) is 23.2. The lowest BCUT2D eigenvalue weighted by Gasteiger charge is -2.22. The molecule has 2 atom stereocenters. The molecule has 1 saturated heterocycles. The Kier molecular flexibility index (Phi) is 5.59. The summed E-state index contributed by atoms with van der Waals surface area (Å²) in [5, 5.41) is 5.69. The minimum atomic E-state index is -4.30. The number of anilines is 1. The molecule has 0 aromatic carbocycles. The van der Waals surface area contributed by atoms with Crippen LogP contribution in [0.15, 0.2) is 36.7 Å². The largest absolute Gasteiger partial charge is 0.487 e. The van der Waals surface area contributed by atoms with Gasteiger partial charge in [-0.3, -0.25) is 4.40 Å². The van der Waals surface area contributed by atoms with E-state index in [1.165, 1.54) is 0 Å². The normalized spacial score (nSPS) is 21.2. The van der Waals surface area contributed by atoms with E-state index in [4.69, 9.17) is 4.74 Å². The number of pyridine rings is 2. The number of rotatable bonds is 7. The van der Waals surface area contributed by atoms with E-state index in [1.807, 2.05) is 10.6 Å². The molecule has 1 aliphatic carbocycles. The van der Waals surface area contributed by atoms with Crippen LogP contribution >= 0.6 is 0 Å². The Bertz CT molecular complexity index is 1140. The van der Waals surface area contributed by atoms with Crippen molar-refractivity contribution in [2.75, 3.05) is 25.0 Å². The number of hydrogen-bond acceptors (Lipinski definition) is 5. The molecule has 5 rings (SSSR count). The van der Waals surface area contributed by atoms with Crippen molar-refractivity contribution in [2.24, 2.45) is 5.92 Å². The number of hydrogen-bond donors (Lipinski definition) is 2. The van der Waals surface area contributed by atoms with Gasteiger partial charge < -0.3 is 15.4 Å². The lowest BCUT2D eigenvalue weighted by Crippen LogP contribution is -2.38. The SMILES string of the molecule is FC(F)COc1cc2ncc(-c3cccc(NC4CNCC4C(F)(F)F)n3)n2cc1C1CC1. The first-order valence-electron chi connectivity index (χ1n) is 10.7. The number of halogens is 5. The van der Waals surface area contributed by atoms with E-state index in [1.54, 1.807) is 30.5 Å². The Morgan fingerprint density at radius 1 is 1.21 bits per heavy atom. The molecule has 2 unspecified atom stereocenters. The van der Waals surface area contributed by atoms with Crippen LogP contribution in [0.1, 0.15) is 24.3 Å². The van der Waals surface area contributed by atoms with Crippen LogP contribution in [0.2, 0.25) is 0 Å². The highest BCUT2D eigenvalue weighted by atomic mass is 19.4. The third kappa shape index (κ3) is 4.59. The average molecular weight is 467 g/mol. The van der Waals surface area contributed by atoms with Crippen LogP contribution < -0.4 is 15.4 Å². The van der Waals surface area contributed by atoms with E-state index in [0.29, 0.717) is 28.6 Å². The fourth-order valence-corrected chi connectivity index (χ4v) is 4.21. The van der Waals surface area contributed by atoms with E-state index >= 15 is 0 Å². The van der Waals surface area contributed by atoms with Crippen molar-refractivity contribution in [2.45, 2.75) is 37.4 Å². The quantitative estimate of drug-likeness (QED) is 0.502. The first kappa shape index (κ1) is 21.9. The van der Waals surface area contributed by atoms with Gasteiger partial charge in [0.15, 0.2) is 0 Å². The first-order valence-corrected chi connectivity index (χ1v) is 10.7. The number of fused-ring (bicyclic) bond motifs is 1. The van der Waals surface area contributed by atoms with Crippen LogP contribution in [0.3, 0.4) is 0 Å². The van der Waals surface area contributed by atoms with Gasteiger partial charge in [0.1, 0.15) is 23.8 Å². The van der Waals surface area contributed by atoms with Crippen LogP contribution in [0.5, 0.6) is 5.75 Å². The highest BCUT2D eigenvalue weighted by Gasteiger charge is 2.47. The van der Waals surface area contributed by atoms with Crippen LogP contribution in [0.25, 0.3) is 17.0 Å². The minimum absolute atomic E-state index is 0.131. The minimum Gasteiger partial charge on any atom is -0.487 e. The Balaban J connectivity index is 1.44. The standard InChI is InChI=1S/C22H22F5N5O/c23-19(24)11-33-18-6-21-29-9-17(32(21)10-13(18)12-4-5-12)15-2-1-3-20(30-15)31-16-8-28-7-14(16)22(25,26)27/h1-3,6,9-10,12,14,16,19,28H,4-5,7-8,11H2,(H,30,31). The fourth-order valence-electron chi connectivity index (χ4n) is 4.21. The molecule has 11 heteroatoms. The highest BCUT2D eigenvalue weighted by Crippen LogP contribution is 2.45. The van der Waals surface area contributed by atoms with Crippen LogP contribution in [-0.4, -0.2) is 52.7 Å². The van der Waals surface area contributed by atoms with Gasteiger partial charge in [0.05, 0.1) is 29.5 Å². The summed E-state index contributed by atoms with van der Waals surface area (Å²) in [7, 11) is 0. The molecule has 0 bridgehead atoms. The molecule has 2 aliphatic rings. The topological polar surface area (TPSA) is 63.5 Å². The number of nitrogens with zero attached hydrogens (tertiary/aromatic N) is 3. The average Bonchev–Trinajstić information content (AvgIpc) is 3.35. The molecule has 3 aromatic rings. The number of aromatic nitrogens is 3. The molecule has 33 heavy (non-hydrogen) atoms. The summed E-state index contributed by atoms with van der Waals surface area (Å²) < 4.78 is 72.2. The molecule has 4 heterocycles. The van der Waals surface area contributed by atoms with Gasteiger partial charge >= 0.3 is 6.18 Å². The summed E-state index contributed by atoms with van der Waals surface area (Å²) in [4.78, 5) is 8.88. The van der Waals surface area contributed by atoms with Crippen molar-refractivity contribution in [1.82, 2.24) is 19.7 Å². The second kappa shape index (κ2) is 8.44. The maximum atomic E-state index is 13.3. The van der Waals surface area contributed by atoms with Gasteiger partial charge in [0, 0.05) is 30.9 Å². The van der Waals surface area contributed by atoms with E-state index in [-0.39, 0.29) is 19.0 Å². The smallest absolute Gasteiger partial charge is 0.395 e. The summed E-state index contributed by atoms with van der Waals surface area (Å²) in [6.07, 6.45) is -1.54. The predicted octanol–water partition coefficient (Wildman–Crippen LogP) is 4.48. The van der Waals surface area contributed by atoms with Gasteiger partial charge in [0.2, 0.25) is 0 Å². The molecule has 0 spiro atoms. The third-order valence-electron chi connectivity index (χ3n) is 6.00. The monoisotopic (exact) mass is 467 g/mol. The molecule has 1 aliphatic heterocycles. The van der Waals surface area contributed by atoms with Crippen molar-refractivity contribution < 1.29 is 26.7 Å². The molecular weight excluding hydrogens is 445 g/mol. The molecule has 0 amide bonds. The second-order valence-electron chi connectivity index (χ2n) is 8.41. The zero-order valence-electron chi connectivity index (χ0n) is 17.4. The van der Waals surface area contributed by atoms with Crippen LogP contribution in [-0.2, 0) is 0 Å². The Labute approximate surface area is 186 Å². The number of nitrogens with one attached hydrogen (secondary N) is 2. The van der Waals surface area contributed by atoms with Gasteiger partial charge in [-0.25, -0.2) is 18.7 Å². The van der Waals surface area contributed by atoms with E-state index < -0.39 is 31.2 Å². The Hall–Kier alpha value is -2.95. The Morgan fingerprint density at radius 2 is 2.03 bits per heavy atom. The Morgan fingerprint density at radius 3 is 2.76 bits per heavy atom. The van der Waals surface area contributed by atoms with Crippen molar-refractivity contribution in [1.29, 1.82) is 0 Å². The summed E-state index contributed by atoms with van der Waals surface area (Å²) in [5.74, 6) is -0.513. The molecule has 0 radical (unpaired) electrons. The predicted molar refractivity (Wildman–Crippen MR) is 112 cm³/mol. The highest BCUT2D eigenvalue weighted by molar-refractivity contribution is 5.64. The number of ether oxygens (including phenoxy) is 1.